The number of nitrogens with zero attached hydrogens (tertiary/aromatic N) is 4. The number of fused-ring (bicyclic) bond motifs is 1. The van der Waals surface area contributed by atoms with E-state index in [1.165, 1.54) is 31.7 Å². The summed E-state index contributed by atoms with van der Waals surface area (Å²) >= 11 is 5.76. The third-order valence-corrected chi connectivity index (χ3v) is 16.0. The normalized spacial score (nSPS) is 28.5. The lowest BCUT2D eigenvalue weighted by Crippen LogP contribution is -2.62. The molecular formula is C40H59ClN8O7S. The molecule has 5 fully saturated rings. The Morgan fingerprint density at radius 1 is 1.04 bits per heavy atom. The van der Waals surface area contributed by atoms with Crippen molar-refractivity contribution >= 4 is 51.3 Å². The summed E-state index contributed by atoms with van der Waals surface area (Å²) in [7, 11) is -2.97. The Morgan fingerprint density at radius 2 is 1.72 bits per heavy atom. The van der Waals surface area contributed by atoms with Gasteiger partial charge in [-0.15, -0.1) is 18.2 Å². The fourth-order valence-electron chi connectivity index (χ4n) is 10.5. The number of halogens is 1. The average Bonchev–Trinajstić information content (AvgIpc) is 3.87. The zero-order chi connectivity index (χ0) is 41.8. The summed E-state index contributed by atoms with van der Waals surface area (Å²) < 4.78 is 29.0. The summed E-state index contributed by atoms with van der Waals surface area (Å²) in [5, 5.41) is 8.82. The van der Waals surface area contributed by atoms with Crippen LogP contribution in [0.3, 0.4) is 0 Å². The first kappa shape index (κ1) is 43.0. The smallest absolute Gasteiger partial charge is 0.303 e. The Hall–Kier alpha value is -3.63. The second kappa shape index (κ2) is 15.5. The number of amides is 5. The molecule has 5 amide bonds. The van der Waals surface area contributed by atoms with Gasteiger partial charge in [-0.3, -0.25) is 29.0 Å². The van der Waals surface area contributed by atoms with Crippen LogP contribution < -0.4 is 20.7 Å². The minimum atomic E-state index is -4.26. The van der Waals surface area contributed by atoms with E-state index in [0.29, 0.717) is 6.42 Å². The monoisotopic (exact) mass is 830 g/mol. The van der Waals surface area contributed by atoms with E-state index in [0.717, 1.165) is 55.7 Å². The van der Waals surface area contributed by atoms with Crippen LogP contribution in [0.2, 0.25) is 0 Å². The lowest BCUT2D eigenvalue weighted by atomic mass is 9.73. The number of nitrogens with one attached hydrogen (secondary N) is 4. The van der Waals surface area contributed by atoms with Gasteiger partial charge in [-0.25, -0.2) is 9.71 Å². The van der Waals surface area contributed by atoms with Crippen LogP contribution in [0, 0.1) is 33.5 Å². The van der Waals surface area contributed by atoms with Crippen molar-refractivity contribution in [3.63, 3.8) is 0 Å². The molecule has 4 N–H and O–H groups in total. The average molecular weight is 831 g/mol. The van der Waals surface area contributed by atoms with Crippen LogP contribution in [0.4, 0.5) is 0 Å². The highest BCUT2D eigenvalue weighted by Gasteiger charge is 2.85. The minimum Gasteiger partial charge on any atom is -0.342 e. The number of rotatable bonds is 14. The molecule has 4 aliphatic carbocycles. The molecule has 1 aromatic rings. The summed E-state index contributed by atoms with van der Waals surface area (Å²) in [5.41, 5.74) is -2.94. The number of carbonyl (C=O) groups excluding carboxylic acids is 5. The molecule has 2 spiro atoms. The van der Waals surface area contributed by atoms with Crippen molar-refractivity contribution in [3.05, 3.63) is 36.9 Å². The largest absolute Gasteiger partial charge is 0.342 e. The third-order valence-electron chi connectivity index (χ3n) is 14.4. The second-order valence-corrected chi connectivity index (χ2v) is 20.7. The zero-order valence-corrected chi connectivity index (χ0v) is 35.6. The molecule has 6 rings (SSSR count). The van der Waals surface area contributed by atoms with Gasteiger partial charge in [-0.2, -0.15) is 12.7 Å². The first-order valence-electron chi connectivity index (χ1n) is 20.2. The molecule has 314 valence electrons. The van der Waals surface area contributed by atoms with E-state index in [9.17, 15) is 27.6 Å². The fourth-order valence-corrected chi connectivity index (χ4v) is 11.7. The summed E-state index contributed by atoms with van der Waals surface area (Å²) in [4.78, 5) is 80.9. The van der Waals surface area contributed by atoms with Gasteiger partial charge in [0.2, 0.25) is 17.7 Å². The molecule has 0 aromatic carbocycles. The number of hydrogen-bond donors (Lipinski definition) is 4. The van der Waals surface area contributed by atoms with Gasteiger partial charge in [0.05, 0.1) is 6.20 Å². The molecule has 1 saturated heterocycles. The van der Waals surface area contributed by atoms with E-state index in [1.54, 1.807) is 4.90 Å². The van der Waals surface area contributed by atoms with Gasteiger partial charge in [-0.1, -0.05) is 66.4 Å². The highest BCUT2D eigenvalue weighted by Crippen LogP contribution is 2.88. The van der Waals surface area contributed by atoms with Gasteiger partial charge in [-0.05, 0) is 60.7 Å². The highest BCUT2D eigenvalue weighted by atomic mass is 35.5. The van der Waals surface area contributed by atoms with Crippen molar-refractivity contribution in [3.8, 4) is 0 Å². The van der Waals surface area contributed by atoms with Crippen molar-refractivity contribution in [2.45, 2.75) is 122 Å². The first-order chi connectivity index (χ1) is 26.7. The van der Waals surface area contributed by atoms with E-state index < -0.39 is 74.7 Å². The Kier molecular flexibility index (Phi) is 11.7. The lowest BCUT2D eigenvalue weighted by molar-refractivity contribution is -0.145. The molecule has 0 radical (unpaired) electrons. The molecule has 4 saturated carbocycles. The van der Waals surface area contributed by atoms with Gasteiger partial charge in [0.25, 0.3) is 11.8 Å². The van der Waals surface area contributed by atoms with Gasteiger partial charge >= 0.3 is 10.2 Å². The van der Waals surface area contributed by atoms with Crippen LogP contribution in [0.15, 0.2) is 31.2 Å². The Balaban J connectivity index is 1.29. The molecule has 6 atom stereocenters. The molecule has 17 heteroatoms. The van der Waals surface area contributed by atoms with E-state index in [1.807, 2.05) is 20.8 Å². The molecule has 1 aliphatic heterocycles. The van der Waals surface area contributed by atoms with E-state index in [-0.39, 0.29) is 53.2 Å². The van der Waals surface area contributed by atoms with Crippen molar-refractivity contribution in [2.75, 3.05) is 26.0 Å². The van der Waals surface area contributed by atoms with Crippen LogP contribution >= 0.6 is 11.6 Å². The van der Waals surface area contributed by atoms with Crippen LogP contribution in [0.25, 0.3) is 0 Å². The van der Waals surface area contributed by atoms with E-state index in [2.05, 4.69) is 51.1 Å². The molecule has 0 unspecified atom stereocenters. The Morgan fingerprint density at radius 3 is 2.25 bits per heavy atom. The van der Waals surface area contributed by atoms with Crippen LogP contribution in [0.1, 0.15) is 109 Å². The van der Waals surface area contributed by atoms with Crippen LogP contribution in [-0.4, -0.2) is 107 Å². The maximum atomic E-state index is 15.1. The highest BCUT2D eigenvalue weighted by molar-refractivity contribution is 7.87. The molecule has 0 bridgehead atoms. The number of alkyl halides is 1. The number of carbonyl (C=O) groups is 5. The molecule has 2 heterocycles. The predicted molar refractivity (Wildman–Crippen MR) is 213 cm³/mol. The van der Waals surface area contributed by atoms with Crippen LogP contribution in [0.5, 0.6) is 0 Å². The minimum absolute atomic E-state index is 0.0165. The van der Waals surface area contributed by atoms with Crippen molar-refractivity contribution in [1.82, 2.24) is 39.8 Å². The lowest BCUT2D eigenvalue weighted by Gasteiger charge is -2.38. The summed E-state index contributed by atoms with van der Waals surface area (Å²) in [6.07, 6.45) is 13.5. The Labute approximate surface area is 341 Å². The maximum absolute atomic E-state index is 15.1. The number of likely N-dealkylation sites (tertiary alicyclic amines) is 1. The van der Waals surface area contributed by atoms with Gasteiger partial charge in [0, 0.05) is 49.7 Å². The molecule has 15 nitrogen and oxygen atoms in total. The number of aromatic nitrogens is 2. The third kappa shape index (κ3) is 7.47. The topological polar surface area (TPSA) is 200 Å². The summed E-state index contributed by atoms with van der Waals surface area (Å²) in [6.45, 7) is 14.0. The fraction of sp³-hybridized carbons (Fsp3) is 0.725. The number of hydrogen-bond acceptors (Lipinski definition) is 9. The van der Waals surface area contributed by atoms with Crippen molar-refractivity contribution in [2.24, 2.45) is 33.5 Å². The van der Waals surface area contributed by atoms with Crippen molar-refractivity contribution in [1.29, 1.82) is 0 Å². The van der Waals surface area contributed by atoms with Crippen molar-refractivity contribution < 1.29 is 32.4 Å². The molecular weight excluding hydrogens is 772 g/mol. The van der Waals surface area contributed by atoms with Gasteiger partial charge in [0.15, 0.2) is 0 Å². The zero-order valence-electron chi connectivity index (χ0n) is 34.0. The second-order valence-electron chi connectivity index (χ2n) is 18.5. The first-order valence-corrected chi connectivity index (χ1v) is 22.2. The van der Waals surface area contributed by atoms with E-state index >= 15 is 4.79 Å². The summed E-state index contributed by atoms with van der Waals surface area (Å²) in [6, 6.07) is -3.03. The molecule has 57 heavy (non-hydrogen) atoms. The maximum Gasteiger partial charge on any atom is 0.303 e. The predicted octanol–water partition coefficient (Wildman–Crippen LogP) is 3.08. The van der Waals surface area contributed by atoms with Gasteiger partial charge < -0.3 is 20.9 Å². The molecule has 5 aliphatic rings. The van der Waals surface area contributed by atoms with E-state index in [4.69, 9.17) is 11.6 Å². The van der Waals surface area contributed by atoms with Gasteiger partial charge in [0.1, 0.15) is 29.4 Å². The quantitative estimate of drug-likeness (QED) is 0.161. The van der Waals surface area contributed by atoms with Crippen LogP contribution in [-0.2, 0) is 29.4 Å². The molecule has 1 aromatic heterocycles. The standard InChI is InChI=1S/C40H59ClN8O7S/c1-8-26-21-40(26,35(54)47-57(55,56)48(7)20-17-41)46-32(51)28-22-39(37(5,6)38(39)15-12-16-38)24-49(28)34(53)30(36(2,3)4)45-33(52)29(25-13-10-9-11-14-25)44-31(50)27-23-42-18-19-43-27/h8,18-19,23,25-26,28-30H,1,9-17,20-22,24H2,2-7H3,(H,44,50)(H,45,52)(H,46,51)(H,47,54)/t26-,28+,29+,30-,39-,40-/m1/s1. The Bertz CT molecular complexity index is 1880. The summed E-state index contributed by atoms with van der Waals surface area (Å²) in [5.74, 6) is -3.62. The SMILES string of the molecule is C=C[C@@H]1C[C@]1(NC(=O)[C@@H]1C[C@@]2(CN1C(=O)[C@@H](NC(=O)[C@@H](NC(=O)c1cnccn1)C1CCCCC1)C(C)(C)C)C(C)(C)C21CCC1)C(=O)NS(=O)(=O)N(C)CCCl.